The number of hydrogen-bond acceptors (Lipinski definition) is 3. The highest BCUT2D eigenvalue weighted by Gasteiger charge is 2.47. The summed E-state index contributed by atoms with van der Waals surface area (Å²) in [7, 11) is 1.58. The molecule has 0 unspecified atom stereocenters. The lowest BCUT2D eigenvalue weighted by Gasteiger charge is -2.13. The van der Waals surface area contributed by atoms with Crippen LogP contribution < -0.4 is 4.74 Å². The van der Waals surface area contributed by atoms with Crippen molar-refractivity contribution in [3.8, 4) is 5.88 Å². The molecule has 3 heteroatoms. The van der Waals surface area contributed by atoms with E-state index in [0.717, 1.165) is 18.4 Å². The maximum absolute atomic E-state index is 9.47. The predicted octanol–water partition coefficient (Wildman–Crippen LogP) is 2.19. The van der Waals surface area contributed by atoms with Crippen molar-refractivity contribution in [3.05, 3.63) is 36.2 Å². The first-order chi connectivity index (χ1) is 6.69. The molecule has 1 heterocycles. The molecule has 1 fully saturated rings. The number of ether oxygens (including phenoxy) is 1. The highest BCUT2D eigenvalue weighted by molar-refractivity contribution is 5.38. The van der Waals surface area contributed by atoms with Gasteiger partial charge in [0.25, 0.3) is 0 Å². The maximum Gasteiger partial charge on any atom is 0.212 e. The number of aliphatic hydroxyl groups excluding tert-OH is 1. The number of nitrogens with zero attached hydrogens (tertiary/aromatic N) is 1. The Morgan fingerprint density at radius 2 is 2.29 bits per heavy atom. The average molecular weight is 191 g/mol. The van der Waals surface area contributed by atoms with Gasteiger partial charge in [0, 0.05) is 12.3 Å². The molecule has 1 aliphatic carbocycles. The van der Waals surface area contributed by atoms with Gasteiger partial charge < -0.3 is 9.84 Å². The summed E-state index contributed by atoms with van der Waals surface area (Å²) in [5.41, 5.74) is 0.796. The maximum atomic E-state index is 9.47. The molecular formula is C11H13NO2. The summed E-state index contributed by atoms with van der Waals surface area (Å²) in [6, 6.07) is 3.73. The lowest BCUT2D eigenvalue weighted by molar-refractivity contribution is 0.360. The minimum atomic E-state index is -0.223. The van der Waals surface area contributed by atoms with E-state index in [1.165, 1.54) is 0 Å². The first-order valence-corrected chi connectivity index (χ1v) is 4.58. The van der Waals surface area contributed by atoms with Crippen LogP contribution in [0.2, 0.25) is 0 Å². The molecule has 0 saturated heterocycles. The molecule has 1 aliphatic rings. The van der Waals surface area contributed by atoms with Crippen LogP contribution in [0.15, 0.2) is 30.7 Å². The van der Waals surface area contributed by atoms with E-state index in [1.54, 1.807) is 19.4 Å². The Bertz CT molecular complexity index is 352. The highest BCUT2D eigenvalue weighted by Crippen LogP contribution is 2.52. The second-order valence-electron chi connectivity index (χ2n) is 3.62. The van der Waals surface area contributed by atoms with Crippen molar-refractivity contribution >= 4 is 0 Å². The normalized spacial score (nSPS) is 17.5. The van der Waals surface area contributed by atoms with Crippen LogP contribution in [0.5, 0.6) is 5.88 Å². The van der Waals surface area contributed by atoms with E-state index in [9.17, 15) is 5.11 Å². The van der Waals surface area contributed by atoms with Crippen molar-refractivity contribution in [1.82, 2.24) is 4.98 Å². The second kappa shape index (κ2) is 3.01. The first kappa shape index (κ1) is 9.06. The Kier molecular flexibility index (Phi) is 1.95. The van der Waals surface area contributed by atoms with E-state index >= 15 is 0 Å². The fraction of sp³-hybridized carbons (Fsp3) is 0.364. The lowest BCUT2D eigenvalue weighted by atomic mass is 9.96. The number of aromatic nitrogens is 1. The van der Waals surface area contributed by atoms with Crippen LogP contribution in [0.1, 0.15) is 18.4 Å². The third kappa shape index (κ3) is 1.25. The Labute approximate surface area is 83.1 Å². The molecule has 14 heavy (non-hydrogen) atoms. The Balaban J connectivity index is 2.29. The molecule has 74 valence electrons. The van der Waals surface area contributed by atoms with Crippen molar-refractivity contribution in [1.29, 1.82) is 0 Å². The van der Waals surface area contributed by atoms with Crippen molar-refractivity contribution in [3.63, 3.8) is 0 Å². The number of hydrogen-bond donors (Lipinski definition) is 1. The van der Waals surface area contributed by atoms with E-state index in [4.69, 9.17) is 4.74 Å². The molecular weight excluding hydrogens is 178 g/mol. The molecule has 0 atom stereocenters. The molecule has 0 aromatic carbocycles. The van der Waals surface area contributed by atoms with Crippen LogP contribution in [0.25, 0.3) is 0 Å². The molecule has 3 nitrogen and oxygen atoms in total. The number of allylic oxidation sites excluding steroid dienone is 1. The highest BCUT2D eigenvalue weighted by atomic mass is 16.5. The number of methoxy groups -OCH3 is 1. The van der Waals surface area contributed by atoms with Gasteiger partial charge >= 0.3 is 0 Å². The SMILES string of the molecule is C=C(O)C1(c2ccc(OC)nc2)CC1. The first-order valence-electron chi connectivity index (χ1n) is 4.58. The van der Waals surface area contributed by atoms with Crippen LogP contribution in [0.3, 0.4) is 0 Å². The standard InChI is InChI=1S/C11H13NO2/c1-8(13)11(5-6-11)9-3-4-10(14-2)12-7-9/h3-4,7,13H,1,5-6H2,2H3. The van der Waals surface area contributed by atoms with Gasteiger partial charge in [-0.2, -0.15) is 0 Å². The quantitative estimate of drug-likeness (QED) is 0.745. The zero-order chi connectivity index (χ0) is 10.2. The minimum Gasteiger partial charge on any atom is -0.512 e. The van der Waals surface area contributed by atoms with Gasteiger partial charge in [-0.15, -0.1) is 0 Å². The summed E-state index contributed by atoms with van der Waals surface area (Å²) in [5, 5.41) is 9.47. The monoisotopic (exact) mass is 191 g/mol. The molecule has 0 radical (unpaired) electrons. The molecule has 0 aliphatic heterocycles. The molecule has 0 bridgehead atoms. The van der Waals surface area contributed by atoms with Gasteiger partial charge in [0.15, 0.2) is 0 Å². The van der Waals surface area contributed by atoms with Gasteiger partial charge in [-0.1, -0.05) is 12.6 Å². The molecule has 1 N–H and O–H groups in total. The van der Waals surface area contributed by atoms with E-state index in [2.05, 4.69) is 11.6 Å². The van der Waals surface area contributed by atoms with Crippen molar-refractivity contribution in [2.75, 3.05) is 7.11 Å². The Morgan fingerprint density at radius 3 is 2.64 bits per heavy atom. The molecule has 1 aromatic rings. The molecule has 0 spiro atoms. The van der Waals surface area contributed by atoms with Crippen molar-refractivity contribution in [2.45, 2.75) is 18.3 Å². The van der Waals surface area contributed by atoms with Crippen LogP contribution in [-0.4, -0.2) is 17.2 Å². The fourth-order valence-corrected chi connectivity index (χ4v) is 1.65. The Morgan fingerprint density at radius 1 is 1.57 bits per heavy atom. The largest absolute Gasteiger partial charge is 0.512 e. The summed E-state index contributed by atoms with van der Waals surface area (Å²) in [4.78, 5) is 4.11. The van der Waals surface area contributed by atoms with Crippen LogP contribution in [-0.2, 0) is 5.41 Å². The summed E-state index contributed by atoms with van der Waals surface area (Å²) in [6.45, 7) is 3.60. The number of pyridine rings is 1. The van der Waals surface area contributed by atoms with E-state index in [0.29, 0.717) is 5.88 Å². The summed E-state index contributed by atoms with van der Waals surface area (Å²) < 4.78 is 4.97. The smallest absolute Gasteiger partial charge is 0.212 e. The second-order valence-corrected chi connectivity index (χ2v) is 3.62. The fourth-order valence-electron chi connectivity index (χ4n) is 1.65. The average Bonchev–Trinajstić information content (AvgIpc) is 2.99. The zero-order valence-corrected chi connectivity index (χ0v) is 8.16. The third-order valence-electron chi connectivity index (χ3n) is 2.80. The van der Waals surface area contributed by atoms with Gasteiger partial charge in [0.2, 0.25) is 5.88 Å². The minimum absolute atomic E-state index is 0.223. The third-order valence-corrected chi connectivity index (χ3v) is 2.80. The predicted molar refractivity (Wildman–Crippen MR) is 53.5 cm³/mol. The van der Waals surface area contributed by atoms with Crippen molar-refractivity contribution < 1.29 is 9.84 Å². The van der Waals surface area contributed by atoms with Gasteiger partial charge in [0.1, 0.15) is 0 Å². The molecule has 0 amide bonds. The topological polar surface area (TPSA) is 42.4 Å². The van der Waals surface area contributed by atoms with E-state index < -0.39 is 0 Å². The molecule has 1 aromatic heterocycles. The summed E-state index contributed by atoms with van der Waals surface area (Å²) in [6.07, 6.45) is 3.65. The Hall–Kier alpha value is -1.51. The van der Waals surface area contributed by atoms with Crippen LogP contribution in [0, 0.1) is 0 Å². The molecule has 1 saturated carbocycles. The van der Waals surface area contributed by atoms with Crippen LogP contribution >= 0.6 is 0 Å². The summed E-state index contributed by atoms with van der Waals surface area (Å²) >= 11 is 0. The van der Waals surface area contributed by atoms with Gasteiger partial charge in [-0.3, -0.25) is 0 Å². The van der Waals surface area contributed by atoms with Crippen LogP contribution in [0.4, 0.5) is 0 Å². The van der Waals surface area contributed by atoms with E-state index in [1.807, 2.05) is 6.07 Å². The molecule has 2 rings (SSSR count). The lowest BCUT2D eigenvalue weighted by Crippen LogP contribution is -2.09. The van der Waals surface area contributed by atoms with E-state index in [-0.39, 0.29) is 11.2 Å². The van der Waals surface area contributed by atoms with Gasteiger partial charge in [0.05, 0.1) is 18.3 Å². The van der Waals surface area contributed by atoms with Gasteiger partial charge in [-0.25, -0.2) is 4.98 Å². The number of aliphatic hydroxyl groups is 1. The summed E-state index contributed by atoms with van der Waals surface area (Å²) in [5.74, 6) is 0.831. The number of rotatable bonds is 3. The zero-order valence-electron chi connectivity index (χ0n) is 8.16. The van der Waals surface area contributed by atoms with Gasteiger partial charge in [-0.05, 0) is 18.4 Å². The van der Waals surface area contributed by atoms with Crippen molar-refractivity contribution in [2.24, 2.45) is 0 Å².